The van der Waals surface area contributed by atoms with Gasteiger partial charge in [0.2, 0.25) is 0 Å². The van der Waals surface area contributed by atoms with Crippen molar-refractivity contribution in [2.24, 2.45) is 5.92 Å². The van der Waals surface area contributed by atoms with Crippen LogP contribution in [0.5, 0.6) is 0 Å². The molecule has 2 fully saturated rings. The molecular weight excluding hydrogens is 162 g/mol. The Hall–Kier alpha value is -0.960. The van der Waals surface area contributed by atoms with Gasteiger partial charge in [0.15, 0.2) is 0 Å². The molecule has 2 aliphatic rings. The van der Waals surface area contributed by atoms with Gasteiger partial charge in [-0.15, -0.1) is 0 Å². The van der Waals surface area contributed by atoms with Gasteiger partial charge >= 0.3 is 0 Å². The fraction of sp³-hybridized carbons (Fsp3) is 0.600. The molecule has 68 valence electrons. The molecule has 3 nitrogen and oxygen atoms in total. The molecule has 1 aliphatic carbocycles. The van der Waals surface area contributed by atoms with E-state index in [2.05, 4.69) is 14.9 Å². The van der Waals surface area contributed by atoms with E-state index in [-0.39, 0.29) is 0 Å². The van der Waals surface area contributed by atoms with Crippen molar-refractivity contribution in [1.82, 2.24) is 14.9 Å². The predicted octanol–water partition coefficient (Wildman–Crippen LogP) is 1.07. The number of piperidine rings is 1. The lowest BCUT2D eigenvalue weighted by molar-refractivity contribution is 0.284. The molecule has 2 heterocycles. The van der Waals surface area contributed by atoms with E-state index in [0.29, 0.717) is 0 Å². The van der Waals surface area contributed by atoms with Crippen molar-refractivity contribution in [2.45, 2.75) is 25.4 Å². The maximum absolute atomic E-state index is 4.24. The molecule has 2 unspecified atom stereocenters. The first-order valence-corrected chi connectivity index (χ1v) is 4.93. The van der Waals surface area contributed by atoms with Gasteiger partial charge in [-0.2, -0.15) is 0 Å². The summed E-state index contributed by atoms with van der Waals surface area (Å²) in [6.45, 7) is 2.19. The molecule has 1 aliphatic heterocycles. The first kappa shape index (κ1) is 7.44. The van der Waals surface area contributed by atoms with E-state index in [1.165, 1.54) is 19.4 Å². The number of hydrogen-bond donors (Lipinski definition) is 0. The molecule has 3 heteroatoms. The Morgan fingerprint density at radius 3 is 2.85 bits per heavy atom. The van der Waals surface area contributed by atoms with E-state index in [0.717, 1.165) is 24.3 Å². The van der Waals surface area contributed by atoms with Gasteiger partial charge in [0.05, 0.1) is 6.54 Å². The minimum absolute atomic E-state index is 0.865. The maximum Gasteiger partial charge on any atom is 0.142 e. The number of aromatic nitrogens is 2. The van der Waals surface area contributed by atoms with Crippen molar-refractivity contribution >= 4 is 0 Å². The van der Waals surface area contributed by atoms with Gasteiger partial charge in [0.1, 0.15) is 5.82 Å². The Balaban J connectivity index is 1.69. The van der Waals surface area contributed by atoms with Crippen LogP contribution in [0.3, 0.4) is 0 Å². The van der Waals surface area contributed by atoms with E-state index in [9.17, 15) is 0 Å². The molecule has 0 N–H and O–H groups in total. The van der Waals surface area contributed by atoms with Crippen molar-refractivity contribution in [1.29, 1.82) is 0 Å². The SMILES string of the molecule is c1cnc(CN2CCC3CC32)nc1. The minimum Gasteiger partial charge on any atom is -0.293 e. The van der Waals surface area contributed by atoms with Crippen LogP contribution in [0.1, 0.15) is 18.7 Å². The highest BCUT2D eigenvalue weighted by Crippen LogP contribution is 2.44. The highest BCUT2D eigenvalue weighted by Gasteiger charge is 2.46. The van der Waals surface area contributed by atoms with Crippen LogP contribution in [0.4, 0.5) is 0 Å². The van der Waals surface area contributed by atoms with Crippen LogP contribution in [0.25, 0.3) is 0 Å². The molecule has 0 amide bonds. The molecule has 1 saturated heterocycles. The lowest BCUT2D eigenvalue weighted by Crippen LogP contribution is -2.23. The number of likely N-dealkylation sites (tertiary alicyclic amines) is 1. The molecule has 0 spiro atoms. The van der Waals surface area contributed by atoms with Gasteiger partial charge in [-0.3, -0.25) is 4.90 Å². The lowest BCUT2D eigenvalue weighted by Gasteiger charge is -2.15. The summed E-state index contributed by atoms with van der Waals surface area (Å²) in [6.07, 6.45) is 6.44. The lowest BCUT2D eigenvalue weighted by atomic mass is 10.3. The highest BCUT2D eigenvalue weighted by molar-refractivity contribution is 5.02. The van der Waals surface area contributed by atoms with Crippen molar-refractivity contribution in [3.8, 4) is 0 Å². The normalized spacial score (nSPS) is 31.7. The van der Waals surface area contributed by atoms with Crippen LogP contribution in [-0.4, -0.2) is 27.5 Å². The molecule has 0 bridgehead atoms. The van der Waals surface area contributed by atoms with Crippen molar-refractivity contribution in [2.75, 3.05) is 6.54 Å². The van der Waals surface area contributed by atoms with Crippen LogP contribution in [0.2, 0.25) is 0 Å². The van der Waals surface area contributed by atoms with Crippen LogP contribution in [-0.2, 0) is 6.54 Å². The Morgan fingerprint density at radius 2 is 2.23 bits per heavy atom. The van der Waals surface area contributed by atoms with Gasteiger partial charge in [-0.1, -0.05) is 0 Å². The van der Waals surface area contributed by atoms with E-state index in [4.69, 9.17) is 0 Å². The van der Waals surface area contributed by atoms with Gasteiger partial charge in [0, 0.05) is 18.4 Å². The quantitative estimate of drug-likeness (QED) is 0.673. The maximum atomic E-state index is 4.24. The summed E-state index contributed by atoms with van der Waals surface area (Å²) in [7, 11) is 0. The smallest absolute Gasteiger partial charge is 0.142 e. The molecule has 0 aromatic carbocycles. The third kappa shape index (κ3) is 1.33. The zero-order valence-electron chi connectivity index (χ0n) is 7.56. The van der Waals surface area contributed by atoms with E-state index in [1.807, 2.05) is 18.5 Å². The zero-order chi connectivity index (χ0) is 8.67. The van der Waals surface area contributed by atoms with Crippen LogP contribution < -0.4 is 0 Å². The Morgan fingerprint density at radius 1 is 1.38 bits per heavy atom. The summed E-state index contributed by atoms with van der Waals surface area (Å²) >= 11 is 0. The Bertz CT molecular complexity index is 298. The van der Waals surface area contributed by atoms with Gasteiger partial charge in [0.25, 0.3) is 0 Å². The largest absolute Gasteiger partial charge is 0.293 e. The third-order valence-electron chi connectivity index (χ3n) is 3.11. The Kier molecular flexibility index (Phi) is 1.59. The number of nitrogens with zero attached hydrogens (tertiary/aromatic N) is 3. The van der Waals surface area contributed by atoms with Crippen LogP contribution in [0.15, 0.2) is 18.5 Å². The molecular formula is C10H13N3. The molecule has 13 heavy (non-hydrogen) atoms. The highest BCUT2D eigenvalue weighted by atomic mass is 15.2. The average molecular weight is 175 g/mol. The molecule has 1 aromatic rings. The van der Waals surface area contributed by atoms with E-state index in [1.54, 1.807) is 0 Å². The van der Waals surface area contributed by atoms with Crippen molar-refractivity contribution < 1.29 is 0 Å². The third-order valence-corrected chi connectivity index (χ3v) is 3.11. The van der Waals surface area contributed by atoms with Crippen molar-refractivity contribution in [3.63, 3.8) is 0 Å². The molecule has 1 aromatic heterocycles. The minimum atomic E-state index is 0.865. The average Bonchev–Trinajstić information content (AvgIpc) is 2.86. The Labute approximate surface area is 77.8 Å². The predicted molar refractivity (Wildman–Crippen MR) is 49.0 cm³/mol. The second-order valence-corrected chi connectivity index (χ2v) is 3.99. The summed E-state index contributed by atoms with van der Waals surface area (Å²) in [5.74, 6) is 1.97. The van der Waals surface area contributed by atoms with Gasteiger partial charge in [-0.05, 0) is 31.4 Å². The fourth-order valence-corrected chi connectivity index (χ4v) is 2.28. The summed E-state index contributed by atoms with van der Waals surface area (Å²) in [6, 6.07) is 2.73. The van der Waals surface area contributed by atoms with E-state index < -0.39 is 0 Å². The fourth-order valence-electron chi connectivity index (χ4n) is 2.28. The zero-order valence-corrected chi connectivity index (χ0v) is 7.56. The number of hydrogen-bond acceptors (Lipinski definition) is 3. The second kappa shape index (κ2) is 2.77. The van der Waals surface area contributed by atoms with E-state index >= 15 is 0 Å². The molecule has 1 saturated carbocycles. The summed E-state index contributed by atoms with van der Waals surface area (Å²) in [5, 5.41) is 0. The topological polar surface area (TPSA) is 29.0 Å². The molecule has 2 atom stereocenters. The van der Waals surface area contributed by atoms with Crippen LogP contribution >= 0.6 is 0 Å². The number of rotatable bonds is 2. The molecule has 3 rings (SSSR count). The second-order valence-electron chi connectivity index (χ2n) is 3.99. The summed E-state index contributed by atoms with van der Waals surface area (Å²) in [4.78, 5) is 11.0. The van der Waals surface area contributed by atoms with Gasteiger partial charge < -0.3 is 0 Å². The number of fused-ring (bicyclic) bond motifs is 1. The first-order chi connectivity index (χ1) is 6.43. The van der Waals surface area contributed by atoms with Gasteiger partial charge in [-0.25, -0.2) is 9.97 Å². The van der Waals surface area contributed by atoms with Crippen molar-refractivity contribution in [3.05, 3.63) is 24.3 Å². The summed E-state index contributed by atoms with van der Waals surface area (Å²) < 4.78 is 0. The summed E-state index contributed by atoms with van der Waals surface area (Å²) in [5.41, 5.74) is 0. The van der Waals surface area contributed by atoms with Crippen LogP contribution in [0, 0.1) is 5.92 Å². The first-order valence-electron chi connectivity index (χ1n) is 4.93. The standard InChI is InChI=1S/C10H13N3/c1-3-11-10(12-4-1)7-13-5-2-8-6-9(8)13/h1,3-4,8-9H,2,5-7H2. The monoisotopic (exact) mass is 175 g/mol. The molecule has 0 radical (unpaired) electrons.